The lowest BCUT2D eigenvalue weighted by molar-refractivity contribution is -0.127. The van der Waals surface area contributed by atoms with E-state index in [1.54, 1.807) is 0 Å². The van der Waals surface area contributed by atoms with Crippen LogP contribution in [-0.4, -0.2) is 43.5 Å². The zero-order valence-corrected chi connectivity index (χ0v) is 18.7. The first-order chi connectivity index (χ1) is 14.2. The van der Waals surface area contributed by atoms with Gasteiger partial charge in [0.2, 0.25) is 15.9 Å². The van der Waals surface area contributed by atoms with Crippen LogP contribution in [0.4, 0.5) is 0 Å². The lowest BCUT2D eigenvalue weighted by Gasteiger charge is -2.56. The van der Waals surface area contributed by atoms with Crippen LogP contribution in [0.3, 0.4) is 0 Å². The van der Waals surface area contributed by atoms with Crippen molar-refractivity contribution in [2.24, 2.45) is 17.8 Å². The van der Waals surface area contributed by atoms with Crippen LogP contribution in [0.25, 0.3) is 0 Å². The third kappa shape index (κ3) is 4.33. The number of nitrogens with zero attached hydrogens (tertiary/aromatic N) is 1. The van der Waals surface area contributed by atoms with Gasteiger partial charge in [0.05, 0.1) is 4.90 Å². The second-order valence-electron chi connectivity index (χ2n) is 9.76. The van der Waals surface area contributed by atoms with E-state index in [-0.39, 0.29) is 28.7 Å². The van der Waals surface area contributed by atoms with Crippen LogP contribution in [0.15, 0.2) is 29.2 Å². The van der Waals surface area contributed by atoms with Crippen LogP contribution in [0.2, 0.25) is 0 Å². The van der Waals surface area contributed by atoms with Gasteiger partial charge in [-0.25, -0.2) is 12.7 Å². The highest BCUT2D eigenvalue weighted by molar-refractivity contribution is 7.89. The first-order valence-corrected chi connectivity index (χ1v) is 12.5. The molecule has 4 aliphatic carbocycles. The lowest BCUT2D eigenvalue weighted by Crippen LogP contribution is -2.59. The summed E-state index contributed by atoms with van der Waals surface area (Å²) in [6.07, 6.45) is 8.20. The van der Waals surface area contributed by atoms with Crippen molar-refractivity contribution in [2.75, 3.05) is 13.6 Å². The Morgan fingerprint density at radius 2 is 1.57 bits per heavy atom. The van der Waals surface area contributed by atoms with Crippen LogP contribution in [0, 0.1) is 17.8 Å². The summed E-state index contributed by atoms with van der Waals surface area (Å²) < 4.78 is 26.7. The molecule has 0 atom stereocenters. The van der Waals surface area contributed by atoms with Crippen molar-refractivity contribution in [1.82, 2.24) is 9.62 Å². The van der Waals surface area contributed by atoms with Crippen LogP contribution in [0.5, 0.6) is 0 Å². The number of benzene rings is 1. The van der Waals surface area contributed by atoms with Gasteiger partial charge in [-0.05, 0) is 81.8 Å². The molecule has 4 bridgehead atoms. The lowest BCUT2D eigenvalue weighted by atomic mass is 9.53. The van der Waals surface area contributed by atoms with Crippen LogP contribution in [0.1, 0.15) is 68.6 Å². The Morgan fingerprint density at radius 3 is 2.07 bits per heavy atom. The smallest absolute Gasteiger partial charge is 0.242 e. The number of hydrogen-bond acceptors (Lipinski definition) is 4. The highest BCUT2D eigenvalue weighted by Crippen LogP contribution is 2.55. The maximum absolute atomic E-state index is 12.7. The predicted molar refractivity (Wildman–Crippen MR) is 115 cm³/mol. The number of carbonyl (C=O) groups is 2. The molecular formula is C23H32N2O4S. The van der Waals surface area contributed by atoms with Crippen molar-refractivity contribution >= 4 is 21.7 Å². The molecular weight excluding hydrogens is 400 g/mol. The number of rotatable bonds is 8. The van der Waals surface area contributed by atoms with E-state index in [1.165, 1.54) is 61.8 Å². The number of ketones is 1. The Morgan fingerprint density at radius 1 is 1.03 bits per heavy atom. The fraction of sp³-hybridized carbons (Fsp3) is 0.652. The fourth-order valence-electron chi connectivity index (χ4n) is 6.25. The molecule has 164 valence electrons. The maximum atomic E-state index is 12.7. The summed E-state index contributed by atoms with van der Waals surface area (Å²) >= 11 is 0. The van der Waals surface area contributed by atoms with E-state index < -0.39 is 10.0 Å². The molecule has 4 fully saturated rings. The largest absolute Gasteiger partial charge is 0.351 e. The van der Waals surface area contributed by atoms with Crippen molar-refractivity contribution in [3.8, 4) is 0 Å². The molecule has 0 spiro atoms. The predicted octanol–water partition coefficient (Wildman–Crippen LogP) is 3.37. The first-order valence-electron chi connectivity index (χ1n) is 11.1. The molecule has 0 aliphatic heterocycles. The van der Waals surface area contributed by atoms with E-state index in [4.69, 9.17) is 0 Å². The first kappa shape index (κ1) is 21.5. The van der Waals surface area contributed by atoms with Gasteiger partial charge in [-0.1, -0.05) is 12.1 Å². The molecule has 7 heteroatoms. The normalized spacial score (nSPS) is 29.9. The zero-order valence-electron chi connectivity index (χ0n) is 17.9. The molecule has 5 rings (SSSR count). The summed E-state index contributed by atoms with van der Waals surface area (Å²) in [5.74, 6) is 2.29. The van der Waals surface area contributed by atoms with E-state index in [0.29, 0.717) is 18.4 Å². The molecule has 1 aromatic rings. The molecule has 0 radical (unpaired) electrons. The Hall–Kier alpha value is -1.73. The van der Waals surface area contributed by atoms with Crippen molar-refractivity contribution in [2.45, 2.75) is 68.7 Å². The molecule has 0 heterocycles. The van der Waals surface area contributed by atoms with Crippen LogP contribution in [-0.2, 0) is 14.8 Å². The molecule has 0 unspecified atom stereocenters. The number of sulfonamides is 1. The number of carbonyl (C=O) groups excluding carboxylic acids is 2. The highest BCUT2D eigenvalue weighted by atomic mass is 32.2. The Balaban J connectivity index is 1.28. The van der Waals surface area contributed by atoms with E-state index in [2.05, 4.69) is 5.32 Å². The second kappa shape index (κ2) is 8.08. The summed E-state index contributed by atoms with van der Waals surface area (Å²) in [6.45, 7) is 1.73. The second-order valence-corrected chi connectivity index (χ2v) is 11.8. The Bertz CT molecular complexity index is 888. The van der Waals surface area contributed by atoms with Gasteiger partial charge >= 0.3 is 0 Å². The SMILES string of the molecule is CC(=O)c1ccc(S(=O)(=O)N(C)CCCC(=O)NC23CC4CC(CC(C4)C2)C3)cc1. The van der Waals surface area contributed by atoms with Crippen molar-refractivity contribution in [3.63, 3.8) is 0 Å². The zero-order chi connectivity index (χ0) is 21.5. The van der Waals surface area contributed by atoms with Crippen molar-refractivity contribution < 1.29 is 18.0 Å². The molecule has 0 saturated heterocycles. The molecule has 1 N–H and O–H groups in total. The Labute approximate surface area is 179 Å². The van der Waals surface area contributed by atoms with Crippen LogP contribution < -0.4 is 5.32 Å². The average molecular weight is 433 g/mol. The summed E-state index contributed by atoms with van der Waals surface area (Å²) in [4.78, 5) is 24.2. The summed E-state index contributed by atoms with van der Waals surface area (Å²) in [6, 6.07) is 5.98. The fourth-order valence-corrected chi connectivity index (χ4v) is 7.46. The molecule has 30 heavy (non-hydrogen) atoms. The minimum Gasteiger partial charge on any atom is -0.351 e. The monoisotopic (exact) mass is 432 g/mol. The topological polar surface area (TPSA) is 83.6 Å². The van der Waals surface area contributed by atoms with Crippen molar-refractivity contribution in [3.05, 3.63) is 29.8 Å². The minimum absolute atomic E-state index is 0.00225. The maximum Gasteiger partial charge on any atom is 0.242 e. The summed E-state index contributed by atoms with van der Waals surface area (Å²) in [7, 11) is -2.10. The van der Waals surface area contributed by atoms with Crippen molar-refractivity contribution in [1.29, 1.82) is 0 Å². The molecule has 4 saturated carbocycles. The van der Waals surface area contributed by atoms with Crippen LogP contribution >= 0.6 is 0 Å². The van der Waals surface area contributed by atoms with E-state index in [9.17, 15) is 18.0 Å². The van der Waals surface area contributed by atoms with Gasteiger partial charge in [-0.15, -0.1) is 0 Å². The molecule has 4 aliphatic rings. The van der Waals surface area contributed by atoms with Gasteiger partial charge in [0.25, 0.3) is 0 Å². The highest BCUT2D eigenvalue weighted by Gasteiger charge is 2.51. The van der Waals surface area contributed by atoms with Gasteiger partial charge in [-0.2, -0.15) is 0 Å². The minimum atomic E-state index is -3.63. The number of nitrogens with one attached hydrogen (secondary N) is 1. The Kier molecular flexibility index (Phi) is 5.79. The molecule has 1 amide bonds. The van der Waals surface area contributed by atoms with Gasteiger partial charge < -0.3 is 5.32 Å². The quantitative estimate of drug-likeness (QED) is 0.639. The average Bonchev–Trinajstić information content (AvgIpc) is 2.66. The van der Waals surface area contributed by atoms with E-state index >= 15 is 0 Å². The number of amides is 1. The van der Waals surface area contributed by atoms with E-state index in [1.807, 2.05) is 0 Å². The molecule has 0 aromatic heterocycles. The standard InChI is InChI=1S/C23H32N2O4S/c1-16(26)20-5-7-21(8-6-20)30(28,29)25(2)9-3-4-22(27)24-23-13-17-10-18(14-23)12-19(11-17)15-23/h5-8,17-19H,3-4,9-15H2,1-2H3,(H,24,27). The van der Waals surface area contributed by atoms with Gasteiger partial charge in [0, 0.05) is 31.1 Å². The summed E-state index contributed by atoms with van der Waals surface area (Å²) in [5, 5.41) is 3.35. The molecule has 6 nitrogen and oxygen atoms in total. The van der Waals surface area contributed by atoms with Gasteiger partial charge in [0.15, 0.2) is 5.78 Å². The summed E-state index contributed by atoms with van der Waals surface area (Å²) in [5.41, 5.74) is 0.486. The third-order valence-electron chi connectivity index (χ3n) is 7.29. The number of Topliss-reactive ketones (excluding diaryl/α,β-unsaturated/α-hetero) is 1. The molecule has 1 aromatic carbocycles. The number of hydrogen-bond donors (Lipinski definition) is 1. The third-order valence-corrected chi connectivity index (χ3v) is 9.16. The van der Waals surface area contributed by atoms with E-state index in [0.717, 1.165) is 37.0 Å². The van der Waals surface area contributed by atoms with Gasteiger partial charge in [-0.3, -0.25) is 9.59 Å². The van der Waals surface area contributed by atoms with Gasteiger partial charge in [0.1, 0.15) is 0 Å².